The second-order valence-corrected chi connectivity index (χ2v) is 3.03. The molecule has 0 spiro atoms. The maximum atomic E-state index is 13.3. The van der Waals surface area contributed by atoms with Crippen molar-refractivity contribution in [2.75, 3.05) is 6.67 Å². The Morgan fingerprint density at radius 3 is 2.67 bits per heavy atom. The first-order chi connectivity index (χ1) is 5.66. The van der Waals surface area contributed by atoms with Gasteiger partial charge in [0.25, 0.3) is 0 Å². The molecule has 0 radical (unpaired) electrons. The van der Waals surface area contributed by atoms with Crippen LogP contribution < -0.4 is 0 Å². The fourth-order valence-electron chi connectivity index (χ4n) is 1.13. The molecule has 0 saturated heterocycles. The van der Waals surface area contributed by atoms with Crippen LogP contribution in [0.2, 0.25) is 0 Å². The molecule has 2 heteroatoms. The Morgan fingerprint density at radius 2 is 2.08 bits per heavy atom. The van der Waals surface area contributed by atoms with Gasteiger partial charge in [0.1, 0.15) is 5.82 Å². The van der Waals surface area contributed by atoms with Crippen molar-refractivity contribution in [3.63, 3.8) is 0 Å². The zero-order chi connectivity index (χ0) is 9.14. The highest BCUT2D eigenvalue weighted by molar-refractivity contribution is 5.27. The summed E-state index contributed by atoms with van der Waals surface area (Å²) in [6.07, 6.45) is 0. The van der Waals surface area contributed by atoms with Crippen molar-refractivity contribution in [2.24, 2.45) is 0 Å². The van der Waals surface area contributed by atoms with Crippen molar-refractivity contribution in [3.8, 4) is 0 Å². The summed E-state index contributed by atoms with van der Waals surface area (Å²) in [6.45, 7) is 2.85. The minimum Gasteiger partial charge on any atom is -0.250 e. The van der Waals surface area contributed by atoms with E-state index < -0.39 is 6.67 Å². The van der Waals surface area contributed by atoms with Crippen LogP contribution in [0.5, 0.6) is 0 Å². The molecule has 12 heavy (non-hydrogen) atoms. The molecule has 1 unspecified atom stereocenters. The largest absolute Gasteiger partial charge is 0.250 e. The highest BCUT2D eigenvalue weighted by Gasteiger charge is 2.11. The molecular weight excluding hydrogens is 158 g/mol. The van der Waals surface area contributed by atoms with Crippen LogP contribution in [0, 0.1) is 12.7 Å². The first-order valence-corrected chi connectivity index (χ1v) is 3.97. The normalized spacial score (nSPS) is 13.0. The predicted octanol–water partition coefficient (Wildman–Crippen LogP) is 3.21. The van der Waals surface area contributed by atoms with Crippen LogP contribution >= 0.6 is 0 Å². The van der Waals surface area contributed by atoms with Gasteiger partial charge in [0.2, 0.25) is 0 Å². The molecule has 1 aromatic rings. The van der Waals surface area contributed by atoms with Crippen LogP contribution in [-0.2, 0) is 0 Å². The van der Waals surface area contributed by atoms with Crippen LogP contribution in [0.3, 0.4) is 0 Å². The first kappa shape index (κ1) is 9.17. The molecule has 1 aromatic carbocycles. The highest BCUT2D eigenvalue weighted by Crippen LogP contribution is 2.21. The Kier molecular flexibility index (Phi) is 2.79. The molecule has 0 heterocycles. The third kappa shape index (κ3) is 1.63. The number of alkyl halides is 1. The minimum atomic E-state index is -0.514. The topological polar surface area (TPSA) is 0 Å². The van der Waals surface area contributed by atoms with E-state index in [0.29, 0.717) is 11.1 Å². The van der Waals surface area contributed by atoms with E-state index in [-0.39, 0.29) is 11.7 Å². The second kappa shape index (κ2) is 3.65. The van der Waals surface area contributed by atoms with Gasteiger partial charge in [0, 0.05) is 5.92 Å². The van der Waals surface area contributed by atoms with Gasteiger partial charge in [-0.05, 0) is 18.1 Å². The Balaban J connectivity index is 3.07. The number of hydrogen-bond donors (Lipinski definition) is 0. The van der Waals surface area contributed by atoms with Crippen LogP contribution in [0.4, 0.5) is 8.78 Å². The van der Waals surface area contributed by atoms with Crippen molar-refractivity contribution in [3.05, 3.63) is 35.1 Å². The van der Waals surface area contributed by atoms with Crippen LogP contribution in [0.15, 0.2) is 18.2 Å². The number of hydrogen-bond acceptors (Lipinski definition) is 0. The summed E-state index contributed by atoms with van der Waals surface area (Å²) < 4.78 is 25.5. The van der Waals surface area contributed by atoms with Crippen molar-refractivity contribution in [1.82, 2.24) is 0 Å². The molecule has 0 aliphatic heterocycles. The maximum Gasteiger partial charge on any atom is 0.129 e. The number of benzene rings is 1. The lowest BCUT2D eigenvalue weighted by Crippen LogP contribution is -2.00. The summed E-state index contributed by atoms with van der Waals surface area (Å²) >= 11 is 0. The van der Waals surface area contributed by atoms with Gasteiger partial charge in [-0.25, -0.2) is 4.39 Å². The summed E-state index contributed by atoms with van der Waals surface area (Å²) in [5.74, 6) is -0.618. The number of halogens is 2. The van der Waals surface area contributed by atoms with Gasteiger partial charge >= 0.3 is 0 Å². The first-order valence-electron chi connectivity index (χ1n) is 3.97. The van der Waals surface area contributed by atoms with E-state index in [2.05, 4.69) is 0 Å². The van der Waals surface area contributed by atoms with Gasteiger partial charge in [-0.1, -0.05) is 25.1 Å². The molecule has 0 aliphatic rings. The van der Waals surface area contributed by atoms with E-state index in [1.54, 1.807) is 32.0 Å². The molecule has 0 amide bonds. The average molecular weight is 170 g/mol. The Labute approximate surface area is 71.2 Å². The zero-order valence-corrected chi connectivity index (χ0v) is 7.27. The molecule has 66 valence electrons. The van der Waals surface area contributed by atoms with Crippen LogP contribution in [-0.4, -0.2) is 6.67 Å². The summed E-state index contributed by atoms with van der Waals surface area (Å²) in [4.78, 5) is 0. The lowest BCUT2D eigenvalue weighted by Gasteiger charge is -2.09. The van der Waals surface area contributed by atoms with E-state index in [0.717, 1.165) is 0 Å². The lowest BCUT2D eigenvalue weighted by atomic mass is 10.00. The molecule has 0 fully saturated rings. The maximum absolute atomic E-state index is 13.3. The average Bonchev–Trinajstić information content (AvgIpc) is 2.08. The molecule has 0 N–H and O–H groups in total. The third-order valence-electron chi connectivity index (χ3n) is 1.98. The Hall–Kier alpha value is -0.920. The fourth-order valence-corrected chi connectivity index (χ4v) is 1.13. The van der Waals surface area contributed by atoms with Crippen LogP contribution in [0.1, 0.15) is 24.0 Å². The van der Waals surface area contributed by atoms with Gasteiger partial charge in [-0.15, -0.1) is 0 Å². The quantitative estimate of drug-likeness (QED) is 0.639. The van der Waals surface area contributed by atoms with E-state index >= 15 is 0 Å². The van der Waals surface area contributed by atoms with Crippen molar-refractivity contribution in [1.29, 1.82) is 0 Å². The highest BCUT2D eigenvalue weighted by atomic mass is 19.1. The third-order valence-corrected chi connectivity index (χ3v) is 1.98. The van der Waals surface area contributed by atoms with Gasteiger partial charge in [0.05, 0.1) is 6.67 Å². The Bertz CT molecular complexity index is 269. The molecule has 0 nitrogen and oxygen atoms in total. The monoisotopic (exact) mass is 170 g/mol. The summed E-state index contributed by atoms with van der Waals surface area (Å²) in [5, 5.41) is 0. The lowest BCUT2D eigenvalue weighted by molar-refractivity contribution is 0.436. The van der Waals surface area contributed by atoms with Gasteiger partial charge in [-0.2, -0.15) is 0 Å². The summed E-state index contributed by atoms with van der Waals surface area (Å²) in [7, 11) is 0. The molecule has 0 bridgehead atoms. The smallest absolute Gasteiger partial charge is 0.129 e. The zero-order valence-electron chi connectivity index (χ0n) is 7.27. The summed E-state index contributed by atoms with van der Waals surface area (Å²) in [6, 6.07) is 5.07. The standard InChI is InChI=1S/C10H12F2/c1-7-4-3-5-9(10(7)12)8(2)6-11/h3-5,8H,6H2,1-2H3. The van der Waals surface area contributed by atoms with Crippen molar-refractivity contribution in [2.45, 2.75) is 19.8 Å². The number of aryl methyl sites for hydroxylation is 1. The van der Waals surface area contributed by atoms with E-state index in [9.17, 15) is 8.78 Å². The van der Waals surface area contributed by atoms with E-state index in [1.165, 1.54) is 0 Å². The molecular formula is C10H12F2. The van der Waals surface area contributed by atoms with Gasteiger partial charge < -0.3 is 0 Å². The second-order valence-electron chi connectivity index (χ2n) is 3.03. The minimum absolute atomic E-state index is 0.275. The molecule has 1 atom stereocenters. The Morgan fingerprint density at radius 1 is 1.42 bits per heavy atom. The molecule has 1 rings (SSSR count). The fraction of sp³-hybridized carbons (Fsp3) is 0.400. The van der Waals surface area contributed by atoms with Gasteiger partial charge in [-0.3, -0.25) is 4.39 Å². The molecule has 0 aliphatic carbocycles. The van der Waals surface area contributed by atoms with E-state index in [1.807, 2.05) is 0 Å². The van der Waals surface area contributed by atoms with Crippen molar-refractivity contribution >= 4 is 0 Å². The predicted molar refractivity (Wildman–Crippen MR) is 45.5 cm³/mol. The summed E-state index contributed by atoms with van der Waals surface area (Å²) in [5.41, 5.74) is 1.05. The van der Waals surface area contributed by atoms with Crippen LogP contribution in [0.25, 0.3) is 0 Å². The van der Waals surface area contributed by atoms with E-state index in [4.69, 9.17) is 0 Å². The van der Waals surface area contributed by atoms with Crippen molar-refractivity contribution < 1.29 is 8.78 Å². The molecule has 0 saturated carbocycles. The number of rotatable bonds is 2. The van der Waals surface area contributed by atoms with Gasteiger partial charge in [0.15, 0.2) is 0 Å². The molecule has 0 aromatic heterocycles. The SMILES string of the molecule is Cc1cccc(C(C)CF)c1F.